The van der Waals surface area contributed by atoms with Crippen LogP contribution in [-0.4, -0.2) is 43.5 Å². The molecule has 2 N–H and O–H groups in total. The zero-order valence-electron chi connectivity index (χ0n) is 11.7. The van der Waals surface area contributed by atoms with Crippen LogP contribution in [0.25, 0.3) is 0 Å². The molecule has 0 aromatic heterocycles. The number of carbonyl (C=O) groups excluding carboxylic acids is 1. The lowest BCUT2D eigenvalue weighted by atomic mass is 9.99. The van der Waals surface area contributed by atoms with Crippen LogP contribution in [0.3, 0.4) is 0 Å². The summed E-state index contributed by atoms with van der Waals surface area (Å²) >= 11 is 0. The van der Waals surface area contributed by atoms with Gasteiger partial charge in [-0.2, -0.15) is 5.26 Å². The highest BCUT2D eigenvalue weighted by atomic mass is 16.2. The number of rotatable bonds is 4. The molecule has 0 aliphatic carbocycles. The molecule has 0 spiro atoms. The van der Waals surface area contributed by atoms with E-state index in [4.69, 9.17) is 5.26 Å². The Kier molecular flexibility index (Phi) is 5.10. The Hall–Kier alpha value is -1.90. The van der Waals surface area contributed by atoms with Crippen LogP contribution < -0.4 is 10.6 Å². The molecule has 1 amide bonds. The third-order valence-electron chi connectivity index (χ3n) is 3.70. The maximum absolute atomic E-state index is 12.0. The normalized spacial score (nSPS) is 20.9. The first-order valence-electron chi connectivity index (χ1n) is 6.88. The van der Waals surface area contributed by atoms with Crippen LogP contribution in [0.2, 0.25) is 0 Å². The molecule has 1 aromatic carbocycles. The van der Waals surface area contributed by atoms with Crippen molar-refractivity contribution < 1.29 is 4.79 Å². The Balaban J connectivity index is 2.27. The summed E-state index contributed by atoms with van der Waals surface area (Å²) in [6, 6.07) is 11.9. The number of nitriles is 1. The van der Waals surface area contributed by atoms with Gasteiger partial charge in [-0.05, 0) is 5.56 Å². The van der Waals surface area contributed by atoms with Gasteiger partial charge in [0.25, 0.3) is 0 Å². The van der Waals surface area contributed by atoms with Crippen molar-refractivity contribution in [2.45, 2.75) is 18.5 Å². The molecule has 2 rings (SSSR count). The Bertz CT molecular complexity index is 482. The van der Waals surface area contributed by atoms with Crippen LogP contribution in [0, 0.1) is 11.3 Å². The summed E-state index contributed by atoms with van der Waals surface area (Å²) in [5.41, 5.74) is 1.09. The number of piperazine rings is 1. The van der Waals surface area contributed by atoms with E-state index in [-0.39, 0.29) is 18.0 Å². The van der Waals surface area contributed by atoms with Crippen molar-refractivity contribution in [3.8, 4) is 6.07 Å². The molecule has 0 saturated carbocycles. The lowest BCUT2D eigenvalue weighted by Crippen LogP contribution is -2.58. The topological polar surface area (TPSA) is 68.2 Å². The Morgan fingerprint density at radius 1 is 1.55 bits per heavy atom. The average molecular weight is 272 g/mol. The second-order valence-electron chi connectivity index (χ2n) is 4.86. The third kappa shape index (κ3) is 3.16. The lowest BCUT2D eigenvalue weighted by Gasteiger charge is -2.39. The first-order valence-corrected chi connectivity index (χ1v) is 6.88. The predicted molar refractivity (Wildman–Crippen MR) is 76.8 cm³/mol. The van der Waals surface area contributed by atoms with E-state index in [1.165, 1.54) is 0 Å². The SMILES string of the molecule is CNC(=O)C1CNCCN1C(CC#N)c1ccccc1. The molecular weight excluding hydrogens is 252 g/mol. The summed E-state index contributed by atoms with van der Waals surface area (Å²) in [5.74, 6) is -0.00364. The number of hydrogen-bond acceptors (Lipinski definition) is 4. The molecule has 1 aliphatic heterocycles. The van der Waals surface area contributed by atoms with Crippen LogP contribution in [0.4, 0.5) is 0 Å². The maximum Gasteiger partial charge on any atom is 0.238 e. The van der Waals surface area contributed by atoms with Gasteiger partial charge in [-0.25, -0.2) is 0 Å². The van der Waals surface area contributed by atoms with Gasteiger partial charge in [0.1, 0.15) is 6.04 Å². The van der Waals surface area contributed by atoms with Gasteiger partial charge in [0.05, 0.1) is 12.5 Å². The van der Waals surface area contributed by atoms with Crippen molar-refractivity contribution in [1.82, 2.24) is 15.5 Å². The van der Waals surface area contributed by atoms with Gasteiger partial charge in [-0.15, -0.1) is 0 Å². The highest BCUT2D eigenvalue weighted by Crippen LogP contribution is 2.26. The molecule has 1 fully saturated rings. The number of amides is 1. The standard InChI is InChI=1S/C15H20N4O/c1-17-15(20)14-11-18-9-10-19(14)13(7-8-16)12-5-3-2-4-6-12/h2-6,13-14,18H,7,9-11H2,1H3,(H,17,20). The molecule has 2 atom stereocenters. The fraction of sp³-hybridized carbons (Fsp3) is 0.467. The zero-order chi connectivity index (χ0) is 14.4. The van der Waals surface area contributed by atoms with Gasteiger partial charge < -0.3 is 10.6 Å². The lowest BCUT2D eigenvalue weighted by molar-refractivity contribution is -0.127. The predicted octanol–water partition coefficient (Wildman–Crippen LogP) is 0.661. The van der Waals surface area contributed by atoms with Crippen molar-refractivity contribution in [1.29, 1.82) is 5.26 Å². The number of carbonyl (C=O) groups is 1. The number of benzene rings is 1. The molecule has 106 valence electrons. The minimum absolute atomic E-state index is 0.00364. The zero-order valence-corrected chi connectivity index (χ0v) is 11.7. The van der Waals surface area contributed by atoms with E-state index in [1.54, 1.807) is 7.05 Å². The van der Waals surface area contributed by atoms with E-state index in [0.29, 0.717) is 13.0 Å². The summed E-state index contributed by atoms with van der Waals surface area (Å²) in [6.45, 7) is 2.22. The number of hydrogen-bond donors (Lipinski definition) is 2. The Morgan fingerprint density at radius 3 is 2.95 bits per heavy atom. The molecule has 5 nitrogen and oxygen atoms in total. The summed E-state index contributed by atoms with van der Waals surface area (Å²) in [7, 11) is 1.65. The van der Waals surface area contributed by atoms with E-state index in [0.717, 1.165) is 18.7 Å². The van der Waals surface area contributed by atoms with Crippen molar-refractivity contribution >= 4 is 5.91 Å². The smallest absolute Gasteiger partial charge is 0.238 e. The summed E-state index contributed by atoms with van der Waals surface area (Å²) in [6.07, 6.45) is 0.386. The molecule has 1 saturated heterocycles. The van der Waals surface area contributed by atoms with Crippen LogP contribution in [0.1, 0.15) is 18.0 Å². The van der Waals surface area contributed by atoms with E-state index < -0.39 is 0 Å². The highest BCUT2D eigenvalue weighted by molar-refractivity contribution is 5.81. The fourth-order valence-corrected chi connectivity index (χ4v) is 2.69. The maximum atomic E-state index is 12.0. The second kappa shape index (κ2) is 7.04. The molecule has 20 heavy (non-hydrogen) atoms. The molecule has 1 heterocycles. The minimum atomic E-state index is -0.229. The van der Waals surface area contributed by atoms with Gasteiger partial charge in [0.15, 0.2) is 0 Å². The fourth-order valence-electron chi connectivity index (χ4n) is 2.69. The van der Waals surface area contributed by atoms with E-state index >= 15 is 0 Å². The molecule has 1 aromatic rings. The van der Waals surface area contributed by atoms with E-state index in [1.807, 2.05) is 30.3 Å². The first-order chi connectivity index (χ1) is 9.77. The molecule has 1 aliphatic rings. The second-order valence-corrected chi connectivity index (χ2v) is 4.86. The van der Waals surface area contributed by atoms with Crippen molar-refractivity contribution in [3.63, 3.8) is 0 Å². The van der Waals surface area contributed by atoms with Crippen LogP contribution >= 0.6 is 0 Å². The minimum Gasteiger partial charge on any atom is -0.358 e. The molecule has 0 radical (unpaired) electrons. The summed E-state index contributed by atoms with van der Waals surface area (Å²) in [4.78, 5) is 14.2. The van der Waals surface area contributed by atoms with Gasteiger partial charge in [0, 0.05) is 32.7 Å². The van der Waals surface area contributed by atoms with E-state index in [9.17, 15) is 4.79 Å². The van der Waals surface area contributed by atoms with Crippen LogP contribution in [0.5, 0.6) is 0 Å². The van der Waals surface area contributed by atoms with Gasteiger partial charge in [-0.3, -0.25) is 9.69 Å². The molecular formula is C15H20N4O. The highest BCUT2D eigenvalue weighted by Gasteiger charge is 2.33. The summed E-state index contributed by atoms with van der Waals surface area (Å²) in [5, 5.41) is 15.1. The quantitative estimate of drug-likeness (QED) is 0.845. The summed E-state index contributed by atoms with van der Waals surface area (Å²) < 4.78 is 0. The van der Waals surface area contributed by atoms with Gasteiger partial charge in [-0.1, -0.05) is 30.3 Å². The van der Waals surface area contributed by atoms with Crippen molar-refractivity contribution in [2.75, 3.05) is 26.7 Å². The van der Waals surface area contributed by atoms with Crippen LogP contribution in [-0.2, 0) is 4.79 Å². The van der Waals surface area contributed by atoms with Gasteiger partial charge in [0.2, 0.25) is 5.91 Å². The third-order valence-corrected chi connectivity index (χ3v) is 3.70. The van der Waals surface area contributed by atoms with Crippen LogP contribution in [0.15, 0.2) is 30.3 Å². The average Bonchev–Trinajstić information content (AvgIpc) is 2.53. The van der Waals surface area contributed by atoms with E-state index in [2.05, 4.69) is 21.6 Å². The monoisotopic (exact) mass is 272 g/mol. The molecule has 2 unspecified atom stereocenters. The number of nitrogens with zero attached hydrogens (tertiary/aromatic N) is 2. The molecule has 0 bridgehead atoms. The largest absolute Gasteiger partial charge is 0.358 e. The van der Waals surface area contributed by atoms with Gasteiger partial charge >= 0.3 is 0 Å². The number of likely N-dealkylation sites (N-methyl/N-ethyl adjacent to an activating group) is 1. The molecule has 5 heteroatoms. The Morgan fingerprint density at radius 2 is 2.30 bits per heavy atom. The van der Waals surface area contributed by atoms with Crippen molar-refractivity contribution in [3.05, 3.63) is 35.9 Å². The first kappa shape index (κ1) is 14.5. The Labute approximate surface area is 119 Å². The van der Waals surface area contributed by atoms with Crippen molar-refractivity contribution in [2.24, 2.45) is 0 Å². The number of nitrogens with one attached hydrogen (secondary N) is 2.